The van der Waals surface area contributed by atoms with Crippen LogP contribution in [0.5, 0.6) is 0 Å². The smallest absolute Gasteiger partial charge is 0.271 e. The third-order valence-electron chi connectivity index (χ3n) is 3.68. The van der Waals surface area contributed by atoms with E-state index >= 15 is 0 Å². The molecule has 2 N–H and O–H groups in total. The number of amides is 1. The molecule has 0 saturated carbocycles. The van der Waals surface area contributed by atoms with Gasteiger partial charge >= 0.3 is 0 Å². The maximum absolute atomic E-state index is 12.3. The molecule has 0 aliphatic heterocycles. The number of aromatic amines is 1. The first-order valence-corrected chi connectivity index (χ1v) is 10.1. The highest BCUT2D eigenvalue weighted by Gasteiger charge is 2.18. The van der Waals surface area contributed by atoms with Gasteiger partial charge in [0.15, 0.2) is 0 Å². The summed E-state index contributed by atoms with van der Waals surface area (Å²) >= 11 is 1.56. The molecule has 3 rings (SSSR count). The second-order valence-corrected chi connectivity index (χ2v) is 8.79. The average Bonchev–Trinajstić information content (AvgIpc) is 3.33. The lowest BCUT2D eigenvalue weighted by molar-refractivity contribution is 0.0955. The number of carbonyl (C=O) groups is 1. The molecule has 140 valence electrons. The van der Waals surface area contributed by atoms with Crippen molar-refractivity contribution in [2.75, 3.05) is 14.1 Å². The number of carbonyl (C=O) groups excluding carboxylic acids is 1. The summed E-state index contributed by atoms with van der Waals surface area (Å²) in [5, 5.41) is 12.8. The van der Waals surface area contributed by atoms with Gasteiger partial charge in [-0.3, -0.25) is 9.89 Å². The topological polar surface area (TPSA) is 108 Å². The standard InChI is InChI=1S/C17H17N5O3S2/c1-22(2)27(24,25)14-6-3-5-12(9-14)17(23)21-19-11-13-10-18-20-16(13)15-7-4-8-26-15/h3-11H,1-2H3,(H,18,20)(H,21,23)/b19-11-. The van der Waals surface area contributed by atoms with Gasteiger partial charge in [-0.05, 0) is 29.6 Å². The van der Waals surface area contributed by atoms with Crippen molar-refractivity contribution >= 4 is 33.5 Å². The first-order chi connectivity index (χ1) is 12.9. The number of hydrogen-bond donors (Lipinski definition) is 2. The Morgan fingerprint density at radius 2 is 2.11 bits per heavy atom. The summed E-state index contributed by atoms with van der Waals surface area (Å²) in [7, 11) is -0.750. The molecule has 1 amide bonds. The minimum atomic E-state index is -3.62. The Hall–Kier alpha value is -2.82. The largest absolute Gasteiger partial charge is 0.276 e. The predicted molar refractivity (Wildman–Crippen MR) is 104 cm³/mol. The minimum Gasteiger partial charge on any atom is -0.276 e. The number of sulfonamides is 1. The Labute approximate surface area is 160 Å². The van der Waals surface area contributed by atoms with Crippen molar-refractivity contribution < 1.29 is 13.2 Å². The Morgan fingerprint density at radius 3 is 2.81 bits per heavy atom. The molecule has 0 radical (unpaired) electrons. The van der Waals surface area contributed by atoms with Crippen LogP contribution in [0.25, 0.3) is 10.6 Å². The lowest BCUT2D eigenvalue weighted by Crippen LogP contribution is -2.23. The lowest BCUT2D eigenvalue weighted by Gasteiger charge is -2.11. The average molecular weight is 403 g/mol. The number of aromatic nitrogens is 2. The Bertz CT molecular complexity index is 1070. The maximum atomic E-state index is 12.3. The molecule has 0 aliphatic carbocycles. The second-order valence-electron chi connectivity index (χ2n) is 5.69. The molecule has 2 aromatic heterocycles. The van der Waals surface area contributed by atoms with Gasteiger partial charge in [-0.1, -0.05) is 12.1 Å². The summed E-state index contributed by atoms with van der Waals surface area (Å²) in [6, 6.07) is 9.67. The maximum Gasteiger partial charge on any atom is 0.271 e. The van der Waals surface area contributed by atoms with Crippen LogP contribution in [0.3, 0.4) is 0 Å². The SMILES string of the molecule is CN(C)S(=O)(=O)c1cccc(C(=O)N/N=C\c2cn[nH]c2-c2cccs2)c1. The molecule has 0 spiro atoms. The van der Waals surface area contributed by atoms with Crippen molar-refractivity contribution in [3.63, 3.8) is 0 Å². The molecule has 0 aliphatic rings. The highest BCUT2D eigenvalue weighted by atomic mass is 32.2. The molecule has 1 aromatic carbocycles. The van der Waals surface area contributed by atoms with Crippen LogP contribution in [-0.2, 0) is 10.0 Å². The van der Waals surface area contributed by atoms with E-state index in [-0.39, 0.29) is 10.5 Å². The van der Waals surface area contributed by atoms with Crippen LogP contribution in [0.4, 0.5) is 0 Å². The molecule has 0 atom stereocenters. The van der Waals surface area contributed by atoms with E-state index in [4.69, 9.17) is 0 Å². The van der Waals surface area contributed by atoms with Gasteiger partial charge in [0.05, 0.1) is 27.9 Å². The second kappa shape index (κ2) is 7.82. The number of benzene rings is 1. The van der Waals surface area contributed by atoms with Crippen LogP contribution in [0.2, 0.25) is 0 Å². The summed E-state index contributed by atoms with van der Waals surface area (Å²) in [6.07, 6.45) is 3.09. The van der Waals surface area contributed by atoms with Gasteiger partial charge in [-0.15, -0.1) is 11.3 Å². The van der Waals surface area contributed by atoms with Gasteiger partial charge < -0.3 is 0 Å². The van der Waals surface area contributed by atoms with Gasteiger partial charge in [0.2, 0.25) is 10.0 Å². The van der Waals surface area contributed by atoms with Gasteiger partial charge in [-0.2, -0.15) is 10.2 Å². The minimum absolute atomic E-state index is 0.0407. The molecular formula is C17H17N5O3S2. The van der Waals surface area contributed by atoms with Crippen LogP contribution in [0.15, 0.2) is 58.0 Å². The number of nitrogens with one attached hydrogen (secondary N) is 2. The molecule has 10 heteroatoms. The van der Waals surface area contributed by atoms with Crippen LogP contribution >= 0.6 is 11.3 Å². The lowest BCUT2D eigenvalue weighted by atomic mass is 10.2. The van der Waals surface area contributed by atoms with Crippen LogP contribution < -0.4 is 5.43 Å². The summed E-state index contributed by atoms with van der Waals surface area (Å²) in [6.45, 7) is 0. The van der Waals surface area contributed by atoms with Gasteiger partial charge in [0, 0.05) is 25.2 Å². The molecule has 3 aromatic rings. The van der Waals surface area contributed by atoms with Crippen molar-refractivity contribution in [1.82, 2.24) is 19.9 Å². The summed E-state index contributed by atoms with van der Waals surface area (Å²) in [5.41, 5.74) is 4.13. The van der Waals surface area contributed by atoms with Gasteiger partial charge in [0.25, 0.3) is 5.91 Å². The number of nitrogens with zero attached hydrogens (tertiary/aromatic N) is 3. The quantitative estimate of drug-likeness (QED) is 0.486. The van der Waals surface area contributed by atoms with Gasteiger partial charge in [-0.25, -0.2) is 18.1 Å². The predicted octanol–water partition coefficient (Wildman–Crippen LogP) is 2.15. The zero-order valence-corrected chi connectivity index (χ0v) is 16.2. The Balaban J connectivity index is 1.74. The molecular weight excluding hydrogens is 386 g/mol. The molecule has 0 saturated heterocycles. The van der Waals surface area contributed by atoms with Crippen molar-refractivity contribution in [2.45, 2.75) is 4.90 Å². The number of hydrogen-bond acceptors (Lipinski definition) is 6. The fraction of sp³-hybridized carbons (Fsp3) is 0.118. The van der Waals surface area contributed by atoms with Crippen molar-refractivity contribution in [1.29, 1.82) is 0 Å². The zero-order chi connectivity index (χ0) is 19.4. The third kappa shape index (κ3) is 4.13. The van der Waals surface area contributed by atoms with E-state index in [1.54, 1.807) is 17.5 Å². The summed E-state index contributed by atoms with van der Waals surface area (Å²) in [5.74, 6) is -0.511. The fourth-order valence-corrected chi connectivity index (χ4v) is 3.94. The van der Waals surface area contributed by atoms with Gasteiger partial charge in [0.1, 0.15) is 0 Å². The molecule has 8 nitrogen and oxygen atoms in total. The number of rotatable bonds is 6. The molecule has 0 fully saturated rings. The highest BCUT2D eigenvalue weighted by molar-refractivity contribution is 7.89. The van der Waals surface area contributed by atoms with Crippen molar-refractivity contribution in [3.8, 4) is 10.6 Å². The van der Waals surface area contributed by atoms with E-state index in [2.05, 4.69) is 20.7 Å². The zero-order valence-electron chi connectivity index (χ0n) is 14.6. The number of thiophene rings is 1. The monoisotopic (exact) mass is 403 g/mol. The Morgan fingerprint density at radius 1 is 1.30 bits per heavy atom. The summed E-state index contributed by atoms with van der Waals surface area (Å²) in [4.78, 5) is 13.3. The first-order valence-electron chi connectivity index (χ1n) is 7.83. The third-order valence-corrected chi connectivity index (χ3v) is 6.38. The number of H-pyrrole nitrogens is 1. The fourth-order valence-electron chi connectivity index (χ4n) is 2.25. The van der Waals surface area contributed by atoms with E-state index in [1.165, 1.54) is 44.6 Å². The van der Waals surface area contributed by atoms with E-state index in [1.807, 2.05) is 17.5 Å². The molecule has 0 unspecified atom stereocenters. The van der Waals surface area contributed by atoms with Crippen LogP contribution in [0.1, 0.15) is 15.9 Å². The van der Waals surface area contributed by atoms with E-state index in [0.717, 1.165) is 20.4 Å². The molecule has 27 heavy (non-hydrogen) atoms. The normalized spacial score (nSPS) is 12.0. The molecule has 2 heterocycles. The van der Waals surface area contributed by atoms with Crippen LogP contribution in [0, 0.1) is 0 Å². The Kier molecular flexibility index (Phi) is 5.49. The van der Waals surface area contributed by atoms with Crippen LogP contribution in [-0.4, -0.2) is 49.1 Å². The summed E-state index contributed by atoms with van der Waals surface area (Å²) < 4.78 is 25.5. The first kappa shape index (κ1) is 19.0. The van der Waals surface area contributed by atoms with E-state index in [9.17, 15) is 13.2 Å². The van der Waals surface area contributed by atoms with E-state index in [0.29, 0.717) is 0 Å². The highest BCUT2D eigenvalue weighted by Crippen LogP contribution is 2.24. The van der Waals surface area contributed by atoms with E-state index < -0.39 is 15.9 Å². The number of hydrazone groups is 1. The van der Waals surface area contributed by atoms with Crippen molar-refractivity contribution in [3.05, 3.63) is 59.1 Å². The molecule has 0 bridgehead atoms. The van der Waals surface area contributed by atoms with Crippen molar-refractivity contribution in [2.24, 2.45) is 5.10 Å².